The fraction of sp³-hybridized carbons (Fsp3) is 0.923. The van der Waals surface area contributed by atoms with Crippen LogP contribution in [0.5, 0.6) is 0 Å². The molecular weight excluding hydrogens is 273 g/mol. The molecule has 3 N–H and O–H groups in total. The van der Waals surface area contributed by atoms with E-state index in [0.717, 1.165) is 0 Å². The molecule has 20 heavy (non-hydrogen) atoms. The van der Waals surface area contributed by atoms with Crippen LogP contribution >= 0.6 is 0 Å². The molecule has 1 saturated carbocycles. The van der Waals surface area contributed by atoms with Crippen LogP contribution in [-0.2, 0) is 9.53 Å². The molecule has 0 aromatic carbocycles. The van der Waals surface area contributed by atoms with E-state index in [1.807, 2.05) is 0 Å². The first-order chi connectivity index (χ1) is 9.45. The van der Waals surface area contributed by atoms with Gasteiger partial charge in [0.25, 0.3) is 0 Å². The zero-order valence-electron chi connectivity index (χ0n) is 11.5. The minimum Gasteiger partial charge on any atom is -0.380 e. The normalized spacial score (nSPS) is 23.6. The number of nitrogens with two attached hydrogens (primary N) is 1. The van der Waals surface area contributed by atoms with Crippen molar-refractivity contribution < 1.29 is 22.7 Å². The van der Waals surface area contributed by atoms with Crippen molar-refractivity contribution >= 4 is 5.91 Å². The molecule has 0 aliphatic heterocycles. The minimum absolute atomic E-state index is 0.0843. The summed E-state index contributed by atoms with van der Waals surface area (Å²) in [7, 11) is 0. The fourth-order valence-electron chi connectivity index (χ4n) is 2.44. The van der Waals surface area contributed by atoms with Crippen LogP contribution in [0.2, 0.25) is 0 Å². The van der Waals surface area contributed by atoms with Gasteiger partial charge < -0.3 is 15.8 Å². The molecule has 2 atom stereocenters. The zero-order valence-corrected chi connectivity index (χ0v) is 11.5. The van der Waals surface area contributed by atoms with E-state index >= 15 is 0 Å². The third-order valence-electron chi connectivity index (χ3n) is 3.53. The van der Waals surface area contributed by atoms with Crippen LogP contribution in [-0.4, -0.2) is 38.4 Å². The maximum Gasteiger partial charge on any atom is 0.391 e. The number of carbonyl (C=O) groups excluding carboxylic acids is 1. The molecule has 4 nitrogen and oxygen atoms in total. The van der Waals surface area contributed by atoms with Crippen molar-refractivity contribution in [2.75, 3.05) is 26.3 Å². The first kappa shape index (κ1) is 17.2. The van der Waals surface area contributed by atoms with Crippen molar-refractivity contribution in [2.24, 2.45) is 17.6 Å². The highest BCUT2D eigenvalue weighted by Gasteiger charge is 2.43. The van der Waals surface area contributed by atoms with Crippen molar-refractivity contribution in [1.29, 1.82) is 0 Å². The van der Waals surface area contributed by atoms with Gasteiger partial charge in [-0.3, -0.25) is 4.79 Å². The quantitative estimate of drug-likeness (QED) is 0.705. The van der Waals surface area contributed by atoms with E-state index in [-0.39, 0.29) is 18.7 Å². The van der Waals surface area contributed by atoms with Crippen LogP contribution in [0.15, 0.2) is 0 Å². The molecule has 118 valence electrons. The third kappa shape index (κ3) is 6.09. The molecule has 1 aliphatic carbocycles. The summed E-state index contributed by atoms with van der Waals surface area (Å²) in [5, 5.41) is 2.68. The Morgan fingerprint density at radius 3 is 2.70 bits per heavy atom. The predicted molar refractivity (Wildman–Crippen MR) is 69.0 cm³/mol. The van der Waals surface area contributed by atoms with Crippen LogP contribution in [0.3, 0.4) is 0 Å². The minimum atomic E-state index is -4.19. The number of hydrogen-bond donors (Lipinski definition) is 2. The molecule has 1 rings (SSSR count). The molecule has 0 bridgehead atoms. The SMILES string of the molecule is NCCOCCCNC(=O)C1CCCC(C(F)(F)F)C1. The molecule has 7 heteroatoms. The number of rotatable bonds is 7. The van der Waals surface area contributed by atoms with Crippen LogP contribution in [0, 0.1) is 11.8 Å². The smallest absolute Gasteiger partial charge is 0.380 e. The molecule has 0 radical (unpaired) electrons. The molecule has 0 aromatic heterocycles. The highest BCUT2D eigenvalue weighted by atomic mass is 19.4. The second kappa shape index (κ2) is 8.46. The van der Waals surface area contributed by atoms with Crippen LogP contribution in [0.1, 0.15) is 32.1 Å². The van der Waals surface area contributed by atoms with Crippen molar-refractivity contribution in [2.45, 2.75) is 38.3 Å². The largest absolute Gasteiger partial charge is 0.391 e. The molecule has 0 heterocycles. The number of carbonyl (C=O) groups is 1. The predicted octanol–water partition coefficient (Wildman–Crippen LogP) is 1.84. The molecule has 1 fully saturated rings. The molecule has 1 amide bonds. The number of hydrogen-bond acceptors (Lipinski definition) is 3. The van der Waals surface area contributed by atoms with E-state index in [9.17, 15) is 18.0 Å². The molecule has 1 aliphatic rings. The lowest BCUT2D eigenvalue weighted by Gasteiger charge is -2.29. The lowest BCUT2D eigenvalue weighted by molar-refractivity contribution is -0.186. The summed E-state index contributed by atoms with van der Waals surface area (Å²) in [5.74, 6) is -2.11. The topological polar surface area (TPSA) is 64.3 Å². The lowest BCUT2D eigenvalue weighted by Crippen LogP contribution is -2.37. The van der Waals surface area contributed by atoms with E-state index < -0.39 is 18.0 Å². The van der Waals surface area contributed by atoms with Gasteiger partial charge in [-0.15, -0.1) is 0 Å². The summed E-state index contributed by atoms with van der Waals surface area (Å²) in [5.41, 5.74) is 5.25. The maximum atomic E-state index is 12.6. The van der Waals surface area contributed by atoms with Gasteiger partial charge in [-0.2, -0.15) is 13.2 Å². The summed E-state index contributed by atoms with van der Waals surface area (Å²) in [6.07, 6.45) is -2.49. The van der Waals surface area contributed by atoms with Gasteiger partial charge in [0, 0.05) is 25.6 Å². The summed E-state index contributed by atoms with van der Waals surface area (Å²) in [6, 6.07) is 0. The molecular formula is C13H23F3N2O2. The number of nitrogens with one attached hydrogen (secondary N) is 1. The Hall–Kier alpha value is -0.820. The molecule has 0 aromatic rings. The van der Waals surface area contributed by atoms with Crippen molar-refractivity contribution in [1.82, 2.24) is 5.32 Å². The highest BCUT2D eigenvalue weighted by molar-refractivity contribution is 5.78. The van der Waals surface area contributed by atoms with Crippen molar-refractivity contribution in [3.8, 4) is 0 Å². The van der Waals surface area contributed by atoms with Gasteiger partial charge in [0.15, 0.2) is 0 Å². The number of amides is 1. The molecule has 0 spiro atoms. The van der Waals surface area contributed by atoms with Crippen LogP contribution < -0.4 is 11.1 Å². The van der Waals surface area contributed by atoms with Gasteiger partial charge >= 0.3 is 6.18 Å². The first-order valence-electron chi connectivity index (χ1n) is 7.07. The van der Waals surface area contributed by atoms with E-state index in [0.29, 0.717) is 45.6 Å². The summed E-state index contributed by atoms with van der Waals surface area (Å²) >= 11 is 0. The van der Waals surface area contributed by atoms with E-state index in [1.165, 1.54) is 0 Å². The Kier molecular flexibility index (Phi) is 7.29. The maximum absolute atomic E-state index is 12.6. The second-order valence-electron chi connectivity index (χ2n) is 5.15. The van der Waals surface area contributed by atoms with Gasteiger partial charge in [0.2, 0.25) is 5.91 Å². The number of ether oxygens (including phenoxy) is 1. The Bertz CT molecular complexity index is 298. The Morgan fingerprint density at radius 2 is 2.05 bits per heavy atom. The zero-order chi connectivity index (χ0) is 15.0. The van der Waals surface area contributed by atoms with Crippen LogP contribution in [0.4, 0.5) is 13.2 Å². The van der Waals surface area contributed by atoms with Gasteiger partial charge in [-0.05, 0) is 25.7 Å². The lowest BCUT2D eigenvalue weighted by atomic mass is 9.80. The van der Waals surface area contributed by atoms with Crippen molar-refractivity contribution in [3.05, 3.63) is 0 Å². The highest BCUT2D eigenvalue weighted by Crippen LogP contribution is 2.39. The monoisotopic (exact) mass is 296 g/mol. The van der Waals surface area contributed by atoms with E-state index in [4.69, 9.17) is 10.5 Å². The average molecular weight is 296 g/mol. The first-order valence-corrected chi connectivity index (χ1v) is 7.07. The Balaban J connectivity index is 2.22. The number of alkyl halides is 3. The summed E-state index contributed by atoms with van der Waals surface area (Å²) in [4.78, 5) is 11.8. The molecule has 2 unspecified atom stereocenters. The van der Waals surface area contributed by atoms with Gasteiger partial charge in [0.1, 0.15) is 0 Å². The summed E-state index contributed by atoms with van der Waals surface area (Å²) in [6.45, 7) is 1.85. The fourth-order valence-corrected chi connectivity index (χ4v) is 2.44. The molecule has 0 saturated heterocycles. The standard InChI is InChI=1S/C13H23F3N2O2/c14-13(15,16)11-4-1-3-10(9-11)12(19)18-6-2-7-20-8-5-17/h10-11H,1-9,17H2,(H,18,19). The van der Waals surface area contributed by atoms with Gasteiger partial charge in [0.05, 0.1) is 12.5 Å². The third-order valence-corrected chi connectivity index (χ3v) is 3.53. The van der Waals surface area contributed by atoms with E-state index in [1.54, 1.807) is 0 Å². The van der Waals surface area contributed by atoms with Gasteiger partial charge in [-0.1, -0.05) is 6.42 Å². The van der Waals surface area contributed by atoms with Crippen LogP contribution in [0.25, 0.3) is 0 Å². The number of halogens is 3. The Labute approximate surface area is 117 Å². The second-order valence-corrected chi connectivity index (χ2v) is 5.15. The van der Waals surface area contributed by atoms with Crippen molar-refractivity contribution in [3.63, 3.8) is 0 Å². The Morgan fingerprint density at radius 1 is 1.30 bits per heavy atom. The average Bonchev–Trinajstić information content (AvgIpc) is 2.41. The van der Waals surface area contributed by atoms with E-state index in [2.05, 4.69) is 5.32 Å². The van der Waals surface area contributed by atoms with Gasteiger partial charge in [-0.25, -0.2) is 0 Å². The summed E-state index contributed by atoms with van der Waals surface area (Å²) < 4.78 is 43.1.